The molecule has 0 spiro atoms. The molecule has 5 nitrogen and oxygen atoms in total. The van der Waals surface area contributed by atoms with Gasteiger partial charge in [0, 0.05) is 19.0 Å². The summed E-state index contributed by atoms with van der Waals surface area (Å²) in [6, 6.07) is -0.0225. The smallest absolute Gasteiger partial charge is 0.245 e. The molecule has 2 saturated heterocycles. The van der Waals surface area contributed by atoms with Crippen LogP contribution in [0.2, 0.25) is 0 Å². The van der Waals surface area contributed by atoms with E-state index >= 15 is 0 Å². The molecule has 1 unspecified atom stereocenters. The summed E-state index contributed by atoms with van der Waals surface area (Å²) in [6.07, 6.45) is 3.20. The van der Waals surface area contributed by atoms with E-state index in [0.29, 0.717) is 24.9 Å². The normalized spacial score (nSPS) is 26.8. The van der Waals surface area contributed by atoms with E-state index in [-0.39, 0.29) is 17.9 Å². The first-order chi connectivity index (χ1) is 9.47. The molecule has 2 fully saturated rings. The Labute approximate surface area is 121 Å². The second-order valence-electron chi connectivity index (χ2n) is 6.57. The zero-order valence-electron chi connectivity index (χ0n) is 12.9. The number of nitrogens with one attached hydrogen (secondary N) is 1. The number of rotatable bonds is 3. The largest absolute Gasteiger partial charge is 0.344 e. The fourth-order valence-electron chi connectivity index (χ4n) is 3.16. The molecule has 0 aromatic carbocycles. The van der Waals surface area contributed by atoms with E-state index in [0.717, 1.165) is 32.4 Å². The van der Waals surface area contributed by atoms with Crippen molar-refractivity contribution in [1.29, 1.82) is 0 Å². The highest BCUT2D eigenvalue weighted by Crippen LogP contribution is 2.20. The fourth-order valence-corrected chi connectivity index (χ4v) is 3.16. The van der Waals surface area contributed by atoms with E-state index in [4.69, 9.17) is 0 Å². The number of carbonyl (C=O) groups excluding carboxylic acids is 2. The molecule has 0 bridgehead atoms. The number of nitrogens with zero attached hydrogens (tertiary/aromatic N) is 2. The minimum Gasteiger partial charge on any atom is -0.344 e. The van der Waals surface area contributed by atoms with Crippen molar-refractivity contribution < 1.29 is 9.59 Å². The average Bonchev–Trinajstić information content (AvgIpc) is 2.51. The summed E-state index contributed by atoms with van der Waals surface area (Å²) in [5.74, 6) is 0.542. The predicted octanol–water partition coefficient (Wildman–Crippen LogP) is 0.844. The lowest BCUT2D eigenvalue weighted by Gasteiger charge is -2.37. The highest BCUT2D eigenvalue weighted by atomic mass is 16.2. The molecule has 2 aliphatic rings. The monoisotopic (exact) mass is 281 g/mol. The number of hydrogen-bond acceptors (Lipinski definition) is 3. The van der Waals surface area contributed by atoms with Crippen LogP contribution in [-0.2, 0) is 9.59 Å². The van der Waals surface area contributed by atoms with Gasteiger partial charge < -0.3 is 15.1 Å². The molecular weight excluding hydrogens is 254 g/mol. The lowest BCUT2D eigenvalue weighted by atomic mass is 9.99. The van der Waals surface area contributed by atoms with Crippen LogP contribution in [0.15, 0.2) is 0 Å². The fraction of sp³-hybridized carbons (Fsp3) is 0.867. The van der Waals surface area contributed by atoms with Gasteiger partial charge in [0.05, 0.1) is 0 Å². The third-order valence-electron chi connectivity index (χ3n) is 4.33. The van der Waals surface area contributed by atoms with Gasteiger partial charge in [-0.05, 0) is 45.3 Å². The molecular formula is C15H27N3O2. The topological polar surface area (TPSA) is 52.7 Å². The van der Waals surface area contributed by atoms with Gasteiger partial charge in [-0.2, -0.15) is 0 Å². The Morgan fingerprint density at radius 3 is 2.45 bits per heavy atom. The van der Waals surface area contributed by atoms with Gasteiger partial charge in [-0.3, -0.25) is 9.59 Å². The highest BCUT2D eigenvalue weighted by Gasteiger charge is 2.34. The second-order valence-corrected chi connectivity index (χ2v) is 6.57. The quantitative estimate of drug-likeness (QED) is 0.834. The highest BCUT2D eigenvalue weighted by molar-refractivity contribution is 5.90. The first kappa shape index (κ1) is 15.3. The van der Waals surface area contributed by atoms with Gasteiger partial charge in [0.2, 0.25) is 11.8 Å². The zero-order chi connectivity index (χ0) is 14.7. The minimum absolute atomic E-state index is 0.0134. The number of likely N-dealkylation sites (tertiary alicyclic amines) is 1. The van der Waals surface area contributed by atoms with Crippen LogP contribution in [0.25, 0.3) is 0 Å². The van der Waals surface area contributed by atoms with Crippen molar-refractivity contribution in [3.8, 4) is 0 Å². The molecule has 2 amide bonds. The number of amides is 2. The first-order valence-electron chi connectivity index (χ1n) is 7.75. The van der Waals surface area contributed by atoms with Crippen LogP contribution in [-0.4, -0.2) is 60.4 Å². The summed E-state index contributed by atoms with van der Waals surface area (Å²) in [7, 11) is 2.12. The van der Waals surface area contributed by atoms with Crippen molar-refractivity contribution in [2.75, 3.05) is 26.7 Å². The lowest BCUT2D eigenvalue weighted by Crippen LogP contribution is -2.51. The van der Waals surface area contributed by atoms with Crippen LogP contribution in [0.1, 0.15) is 39.5 Å². The number of piperidine rings is 1. The van der Waals surface area contributed by atoms with E-state index in [1.165, 1.54) is 0 Å². The van der Waals surface area contributed by atoms with Crippen LogP contribution in [0.4, 0.5) is 0 Å². The zero-order valence-corrected chi connectivity index (χ0v) is 12.9. The summed E-state index contributed by atoms with van der Waals surface area (Å²) in [5, 5.41) is 2.90. The van der Waals surface area contributed by atoms with E-state index in [1.54, 1.807) is 0 Å². The predicted molar refractivity (Wildman–Crippen MR) is 78.2 cm³/mol. The Balaban J connectivity index is 2.06. The molecule has 0 aromatic heterocycles. The van der Waals surface area contributed by atoms with Crippen LogP contribution in [0.3, 0.4) is 0 Å². The Kier molecular flexibility index (Phi) is 5.02. The van der Waals surface area contributed by atoms with Gasteiger partial charge in [0.15, 0.2) is 0 Å². The third kappa shape index (κ3) is 3.72. The van der Waals surface area contributed by atoms with E-state index in [1.807, 2.05) is 4.90 Å². The van der Waals surface area contributed by atoms with E-state index in [2.05, 4.69) is 31.1 Å². The molecule has 0 radical (unpaired) electrons. The molecule has 2 aliphatic heterocycles. The molecule has 2 rings (SSSR count). The SMILES string of the molecule is CC(C)CC1NC(=O)CCN(C2CCN(C)CC2)C1=O. The van der Waals surface area contributed by atoms with Gasteiger partial charge >= 0.3 is 0 Å². The molecule has 1 atom stereocenters. The van der Waals surface area contributed by atoms with E-state index in [9.17, 15) is 9.59 Å². The van der Waals surface area contributed by atoms with Crippen LogP contribution >= 0.6 is 0 Å². The Hall–Kier alpha value is -1.10. The summed E-state index contributed by atoms with van der Waals surface area (Å²) >= 11 is 0. The van der Waals surface area contributed by atoms with Crippen LogP contribution in [0, 0.1) is 5.92 Å². The Bertz CT molecular complexity index is 362. The lowest BCUT2D eigenvalue weighted by molar-refractivity contribution is -0.136. The van der Waals surface area contributed by atoms with Crippen molar-refractivity contribution in [2.45, 2.75) is 51.6 Å². The summed E-state index contributed by atoms with van der Waals surface area (Å²) in [6.45, 7) is 6.82. The Morgan fingerprint density at radius 2 is 1.85 bits per heavy atom. The second kappa shape index (κ2) is 6.57. The molecule has 2 heterocycles. The van der Waals surface area contributed by atoms with Gasteiger partial charge in [-0.25, -0.2) is 0 Å². The van der Waals surface area contributed by atoms with E-state index < -0.39 is 0 Å². The average molecular weight is 281 g/mol. The van der Waals surface area contributed by atoms with Crippen LogP contribution in [0.5, 0.6) is 0 Å². The molecule has 20 heavy (non-hydrogen) atoms. The molecule has 1 N–H and O–H groups in total. The van der Waals surface area contributed by atoms with Gasteiger partial charge in [-0.15, -0.1) is 0 Å². The maximum atomic E-state index is 12.7. The molecule has 0 aliphatic carbocycles. The summed E-state index contributed by atoms with van der Waals surface area (Å²) in [5.41, 5.74) is 0. The van der Waals surface area contributed by atoms with Crippen molar-refractivity contribution in [2.24, 2.45) is 5.92 Å². The van der Waals surface area contributed by atoms with Gasteiger partial charge in [-0.1, -0.05) is 13.8 Å². The number of carbonyl (C=O) groups is 2. The van der Waals surface area contributed by atoms with Crippen LogP contribution < -0.4 is 5.32 Å². The maximum absolute atomic E-state index is 12.7. The van der Waals surface area contributed by atoms with Crippen molar-refractivity contribution in [3.05, 3.63) is 0 Å². The molecule has 0 aromatic rings. The maximum Gasteiger partial charge on any atom is 0.245 e. The first-order valence-corrected chi connectivity index (χ1v) is 7.75. The Morgan fingerprint density at radius 1 is 1.20 bits per heavy atom. The summed E-state index contributed by atoms with van der Waals surface area (Å²) < 4.78 is 0. The number of hydrogen-bond donors (Lipinski definition) is 1. The van der Waals surface area contributed by atoms with Gasteiger partial charge in [0.25, 0.3) is 0 Å². The molecule has 5 heteroatoms. The standard InChI is InChI=1S/C15H27N3O2/c1-11(2)10-13-15(20)18(9-6-14(19)16-13)12-4-7-17(3)8-5-12/h11-13H,4-10H2,1-3H3,(H,16,19). The third-order valence-corrected chi connectivity index (χ3v) is 4.33. The van der Waals surface area contributed by atoms with Gasteiger partial charge in [0.1, 0.15) is 6.04 Å². The van der Waals surface area contributed by atoms with Crippen molar-refractivity contribution in [3.63, 3.8) is 0 Å². The molecule has 114 valence electrons. The van der Waals surface area contributed by atoms with Crippen molar-refractivity contribution in [1.82, 2.24) is 15.1 Å². The minimum atomic E-state index is -0.329. The molecule has 0 saturated carbocycles. The summed E-state index contributed by atoms with van der Waals surface area (Å²) in [4.78, 5) is 28.8. The van der Waals surface area contributed by atoms with Crippen molar-refractivity contribution >= 4 is 11.8 Å².